The van der Waals surface area contributed by atoms with Gasteiger partial charge < -0.3 is 15.2 Å². The first-order valence-electron chi connectivity index (χ1n) is 9.02. The van der Waals surface area contributed by atoms with Crippen molar-refractivity contribution < 1.29 is 14.6 Å². The van der Waals surface area contributed by atoms with E-state index in [1.807, 2.05) is 36.4 Å². The molecule has 1 aliphatic heterocycles. The summed E-state index contributed by atoms with van der Waals surface area (Å²) in [6.45, 7) is 1.58. The van der Waals surface area contributed by atoms with Gasteiger partial charge in [0.1, 0.15) is 0 Å². The van der Waals surface area contributed by atoms with Crippen molar-refractivity contribution in [3.8, 4) is 0 Å². The molecule has 0 aliphatic carbocycles. The van der Waals surface area contributed by atoms with Crippen LogP contribution in [-0.4, -0.2) is 47.9 Å². The van der Waals surface area contributed by atoms with Gasteiger partial charge in [-0.25, -0.2) is 4.79 Å². The standard InChI is InChI=1S/C21H26N2O3/c1-26-21(25)22-18-12-13-23(15-17-10-6-3-7-11-17)19(20(18)24)14-16-8-4-2-5-9-16/h2-11,18-20,24H,12-15H2,1H3,(H,22,25)/t18-,19?,20-/m1/s1. The van der Waals surface area contributed by atoms with E-state index in [2.05, 4.69) is 34.5 Å². The molecule has 2 aromatic rings. The first kappa shape index (κ1) is 18.4. The summed E-state index contributed by atoms with van der Waals surface area (Å²) in [5.74, 6) is 0. The fraction of sp³-hybridized carbons (Fsp3) is 0.381. The third kappa shape index (κ3) is 4.62. The number of rotatable bonds is 5. The van der Waals surface area contributed by atoms with Crippen LogP contribution < -0.4 is 5.32 Å². The van der Waals surface area contributed by atoms with Crippen LogP contribution in [-0.2, 0) is 17.7 Å². The summed E-state index contributed by atoms with van der Waals surface area (Å²) in [6.07, 6.45) is 0.263. The molecule has 1 aliphatic rings. The van der Waals surface area contributed by atoms with Gasteiger partial charge in [-0.05, 0) is 24.0 Å². The maximum absolute atomic E-state index is 11.6. The molecule has 3 atom stereocenters. The van der Waals surface area contributed by atoms with Gasteiger partial charge in [0.05, 0.1) is 19.3 Å². The SMILES string of the molecule is COC(=O)N[C@@H]1CCN(Cc2ccccc2)C(Cc2ccccc2)[C@@H]1O. The van der Waals surface area contributed by atoms with Crippen molar-refractivity contribution >= 4 is 6.09 Å². The Balaban J connectivity index is 1.77. The Morgan fingerprint density at radius 3 is 2.35 bits per heavy atom. The molecule has 5 heteroatoms. The number of nitrogens with zero attached hydrogens (tertiary/aromatic N) is 1. The second-order valence-corrected chi connectivity index (χ2v) is 6.73. The molecule has 3 rings (SSSR count). The second-order valence-electron chi connectivity index (χ2n) is 6.73. The summed E-state index contributed by atoms with van der Waals surface area (Å²) in [7, 11) is 1.34. The van der Waals surface area contributed by atoms with Crippen LogP contribution in [0.3, 0.4) is 0 Å². The minimum atomic E-state index is -0.660. The molecule has 1 fully saturated rings. The van der Waals surface area contributed by atoms with Crippen LogP contribution in [0.1, 0.15) is 17.5 Å². The smallest absolute Gasteiger partial charge is 0.407 e. The minimum Gasteiger partial charge on any atom is -0.453 e. The van der Waals surface area contributed by atoms with Crippen LogP contribution in [0.15, 0.2) is 60.7 Å². The molecule has 138 valence electrons. The second kappa shape index (κ2) is 8.83. The maximum Gasteiger partial charge on any atom is 0.407 e. The number of likely N-dealkylation sites (tertiary alicyclic amines) is 1. The molecule has 1 unspecified atom stereocenters. The third-order valence-electron chi connectivity index (χ3n) is 5.01. The number of aliphatic hydroxyl groups excluding tert-OH is 1. The molecule has 0 saturated carbocycles. The maximum atomic E-state index is 11.6. The van der Waals surface area contributed by atoms with E-state index in [-0.39, 0.29) is 12.1 Å². The number of nitrogens with one attached hydrogen (secondary N) is 1. The highest BCUT2D eigenvalue weighted by atomic mass is 16.5. The number of hydrogen-bond acceptors (Lipinski definition) is 4. The predicted octanol–water partition coefficient (Wildman–Crippen LogP) is 2.59. The molecule has 0 radical (unpaired) electrons. The molecule has 1 saturated heterocycles. The molecule has 5 nitrogen and oxygen atoms in total. The summed E-state index contributed by atoms with van der Waals surface area (Å²) < 4.78 is 4.70. The van der Waals surface area contributed by atoms with E-state index >= 15 is 0 Å². The van der Waals surface area contributed by atoms with Crippen molar-refractivity contribution in [3.63, 3.8) is 0 Å². The summed E-state index contributed by atoms with van der Waals surface area (Å²) >= 11 is 0. The lowest BCUT2D eigenvalue weighted by Gasteiger charge is -2.43. The lowest BCUT2D eigenvalue weighted by atomic mass is 9.89. The lowest BCUT2D eigenvalue weighted by Crippen LogP contribution is -2.60. The molecule has 2 aromatic carbocycles. The van der Waals surface area contributed by atoms with E-state index in [4.69, 9.17) is 4.74 Å². The van der Waals surface area contributed by atoms with Gasteiger partial charge in [0.2, 0.25) is 0 Å². The van der Waals surface area contributed by atoms with E-state index in [0.29, 0.717) is 6.42 Å². The van der Waals surface area contributed by atoms with Crippen LogP contribution in [0.5, 0.6) is 0 Å². The third-order valence-corrected chi connectivity index (χ3v) is 5.01. The molecular formula is C21H26N2O3. The highest BCUT2D eigenvalue weighted by Crippen LogP contribution is 2.24. The Hall–Kier alpha value is -2.37. The van der Waals surface area contributed by atoms with Crippen LogP contribution in [0.2, 0.25) is 0 Å². The topological polar surface area (TPSA) is 61.8 Å². The molecule has 1 heterocycles. The Bertz CT molecular complexity index is 693. The predicted molar refractivity (Wildman–Crippen MR) is 101 cm³/mol. The van der Waals surface area contributed by atoms with Crippen molar-refractivity contribution in [2.75, 3.05) is 13.7 Å². The zero-order valence-electron chi connectivity index (χ0n) is 15.0. The van der Waals surface area contributed by atoms with Crippen molar-refractivity contribution in [1.29, 1.82) is 0 Å². The van der Waals surface area contributed by atoms with Crippen molar-refractivity contribution in [2.24, 2.45) is 0 Å². The molecule has 26 heavy (non-hydrogen) atoms. The number of aliphatic hydroxyl groups is 1. The number of carbonyl (C=O) groups excluding carboxylic acids is 1. The quantitative estimate of drug-likeness (QED) is 0.866. The van der Waals surface area contributed by atoms with E-state index in [0.717, 1.165) is 19.5 Å². The number of piperidine rings is 1. The van der Waals surface area contributed by atoms with Crippen LogP contribution in [0, 0.1) is 0 Å². The Morgan fingerprint density at radius 2 is 1.73 bits per heavy atom. The highest BCUT2D eigenvalue weighted by Gasteiger charge is 2.37. The Morgan fingerprint density at radius 1 is 1.12 bits per heavy atom. The van der Waals surface area contributed by atoms with Crippen LogP contribution in [0.25, 0.3) is 0 Å². The summed E-state index contributed by atoms with van der Waals surface area (Å²) in [5, 5.41) is 13.8. The van der Waals surface area contributed by atoms with E-state index in [1.54, 1.807) is 0 Å². The van der Waals surface area contributed by atoms with Gasteiger partial charge in [0.15, 0.2) is 0 Å². The van der Waals surface area contributed by atoms with Crippen LogP contribution in [0.4, 0.5) is 4.79 Å². The largest absolute Gasteiger partial charge is 0.453 e. The van der Waals surface area contributed by atoms with Gasteiger partial charge in [-0.15, -0.1) is 0 Å². The van der Waals surface area contributed by atoms with Gasteiger partial charge in [-0.2, -0.15) is 0 Å². The fourth-order valence-corrected chi connectivity index (χ4v) is 3.61. The van der Waals surface area contributed by atoms with E-state index in [9.17, 15) is 9.90 Å². The number of alkyl carbamates (subject to hydrolysis) is 1. The molecule has 2 N–H and O–H groups in total. The number of amides is 1. The molecule has 0 bridgehead atoms. The Kier molecular flexibility index (Phi) is 6.26. The fourth-order valence-electron chi connectivity index (χ4n) is 3.61. The van der Waals surface area contributed by atoms with Crippen LogP contribution >= 0.6 is 0 Å². The van der Waals surface area contributed by atoms with Crippen molar-refractivity contribution in [3.05, 3.63) is 71.8 Å². The van der Waals surface area contributed by atoms with Gasteiger partial charge in [0, 0.05) is 19.1 Å². The lowest BCUT2D eigenvalue weighted by molar-refractivity contribution is -0.0163. The van der Waals surface area contributed by atoms with Gasteiger partial charge in [0.25, 0.3) is 0 Å². The van der Waals surface area contributed by atoms with Gasteiger partial charge >= 0.3 is 6.09 Å². The minimum absolute atomic E-state index is 0.0755. The Labute approximate surface area is 154 Å². The highest BCUT2D eigenvalue weighted by molar-refractivity contribution is 5.67. The van der Waals surface area contributed by atoms with Gasteiger partial charge in [-0.1, -0.05) is 60.7 Å². The van der Waals surface area contributed by atoms with Gasteiger partial charge in [-0.3, -0.25) is 4.90 Å². The van der Waals surface area contributed by atoms with Crippen molar-refractivity contribution in [2.45, 2.75) is 37.6 Å². The molecule has 0 spiro atoms. The molecule has 1 amide bonds. The number of benzene rings is 2. The number of ether oxygens (including phenoxy) is 1. The summed E-state index contributed by atoms with van der Waals surface area (Å²) in [6, 6.07) is 20.1. The normalized spacial score (nSPS) is 23.4. The first-order valence-corrected chi connectivity index (χ1v) is 9.02. The zero-order chi connectivity index (χ0) is 18.4. The number of hydrogen-bond donors (Lipinski definition) is 2. The monoisotopic (exact) mass is 354 g/mol. The first-order chi connectivity index (χ1) is 12.7. The van der Waals surface area contributed by atoms with E-state index in [1.165, 1.54) is 18.2 Å². The average Bonchev–Trinajstić information content (AvgIpc) is 2.68. The molecule has 0 aromatic heterocycles. The average molecular weight is 354 g/mol. The van der Waals surface area contributed by atoms with Crippen molar-refractivity contribution in [1.82, 2.24) is 10.2 Å². The summed E-state index contributed by atoms with van der Waals surface area (Å²) in [4.78, 5) is 13.9. The number of carbonyl (C=O) groups is 1. The number of methoxy groups -OCH3 is 1. The zero-order valence-corrected chi connectivity index (χ0v) is 15.0. The van der Waals surface area contributed by atoms with E-state index < -0.39 is 12.2 Å². The molecular weight excluding hydrogens is 328 g/mol. The summed E-state index contributed by atoms with van der Waals surface area (Å²) in [5.41, 5.74) is 2.39.